The normalized spacial score (nSPS) is 18.9. The molecule has 1 unspecified atom stereocenters. The highest BCUT2D eigenvalue weighted by atomic mass is 35.5. The van der Waals surface area contributed by atoms with Gasteiger partial charge in [-0.1, -0.05) is 23.7 Å². The van der Waals surface area contributed by atoms with Crippen LogP contribution < -0.4 is 4.74 Å². The first-order valence-electron chi connectivity index (χ1n) is 9.57. The lowest BCUT2D eigenvalue weighted by Gasteiger charge is -2.46. The van der Waals surface area contributed by atoms with Crippen molar-refractivity contribution in [3.63, 3.8) is 0 Å². The number of ether oxygens (including phenoxy) is 1. The maximum atomic E-state index is 14.2. The molecule has 2 aliphatic rings. The summed E-state index contributed by atoms with van der Waals surface area (Å²) < 4.78 is 20.1. The summed E-state index contributed by atoms with van der Waals surface area (Å²) in [6.07, 6.45) is 0.489. The molecule has 1 atom stereocenters. The Kier molecular flexibility index (Phi) is 4.99. The third kappa shape index (κ3) is 3.69. The van der Waals surface area contributed by atoms with Gasteiger partial charge in [-0.15, -0.1) is 0 Å². The number of carbonyl (C=O) groups is 2. The SMILES string of the molecule is CC(C)(Oc1ccc(Cl)cc1)C(=O)N1CC(=O)N2CCc3c(F)cccc3C2C1. The lowest BCUT2D eigenvalue weighted by atomic mass is 9.90. The standard InChI is InChI=1S/C22H22ClFN2O3/c1-22(2,29-15-8-6-14(23)7-9-15)21(28)25-12-19-17-4-3-5-18(24)16(17)10-11-26(19)20(27)13-25/h3-9,19H,10-13H2,1-2H3. The van der Waals surface area contributed by atoms with E-state index in [2.05, 4.69) is 0 Å². The molecule has 2 aromatic carbocycles. The molecule has 0 aromatic heterocycles. The molecular formula is C22H22ClFN2O3. The summed E-state index contributed by atoms with van der Waals surface area (Å²) in [4.78, 5) is 29.2. The zero-order chi connectivity index (χ0) is 20.8. The van der Waals surface area contributed by atoms with Crippen LogP contribution in [0.3, 0.4) is 0 Å². The van der Waals surface area contributed by atoms with Crippen molar-refractivity contribution in [2.24, 2.45) is 0 Å². The molecule has 2 aliphatic heterocycles. The molecule has 0 spiro atoms. The quantitative estimate of drug-likeness (QED) is 0.768. The van der Waals surface area contributed by atoms with Crippen LogP contribution >= 0.6 is 11.6 Å². The molecule has 2 amide bonds. The second-order valence-corrected chi connectivity index (χ2v) is 8.35. The van der Waals surface area contributed by atoms with Crippen LogP contribution in [0.4, 0.5) is 4.39 Å². The number of rotatable bonds is 3. The Balaban J connectivity index is 1.57. The topological polar surface area (TPSA) is 49.9 Å². The minimum Gasteiger partial charge on any atom is -0.478 e. The summed E-state index contributed by atoms with van der Waals surface area (Å²) in [5, 5.41) is 0.575. The van der Waals surface area contributed by atoms with Crippen LogP contribution in [0, 0.1) is 5.82 Å². The summed E-state index contributed by atoms with van der Waals surface area (Å²) in [7, 11) is 0. The van der Waals surface area contributed by atoms with Gasteiger partial charge >= 0.3 is 0 Å². The molecule has 0 saturated carbocycles. The van der Waals surface area contributed by atoms with Crippen LogP contribution in [-0.4, -0.2) is 46.8 Å². The summed E-state index contributed by atoms with van der Waals surface area (Å²) >= 11 is 5.90. The Morgan fingerprint density at radius 3 is 2.66 bits per heavy atom. The van der Waals surface area contributed by atoms with Crippen molar-refractivity contribution in [2.45, 2.75) is 31.9 Å². The summed E-state index contributed by atoms with van der Waals surface area (Å²) in [5.74, 6) is -0.164. The van der Waals surface area contributed by atoms with Gasteiger partial charge in [-0.25, -0.2) is 4.39 Å². The third-order valence-corrected chi connectivity index (χ3v) is 5.77. The average molecular weight is 417 g/mol. The van der Waals surface area contributed by atoms with Crippen LogP contribution in [-0.2, 0) is 16.0 Å². The van der Waals surface area contributed by atoms with Crippen LogP contribution in [0.5, 0.6) is 5.75 Å². The highest BCUT2D eigenvalue weighted by Gasteiger charge is 2.43. The fourth-order valence-corrected chi connectivity index (χ4v) is 4.23. The van der Waals surface area contributed by atoms with E-state index >= 15 is 0 Å². The lowest BCUT2D eigenvalue weighted by molar-refractivity contribution is -0.157. The number of benzene rings is 2. The maximum absolute atomic E-state index is 14.2. The predicted octanol–water partition coefficient (Wildman–Crippen LogP) is 3.60. The second-order valence-electron chi connectivity index (χ2n) is 7.91. The number of fused-ring (bicyclic) bond motifs is 3. The Morgan fingerprint density at radius 1 is 1.21 bits per heavy atom. The van der Waals surface area contributed by atoms with E-state index in [0.29, 0.717) is 35.8 Å². The molecule has 2 heterocycles. The smallest absolute Gasteiger partial charge is 0.266 e. The zero-order valence-electron chi connectivity index (χ0n) is 16.3. The molecule has 0 radical (unpaired) electrons. The monoisotopic (exact) mass is 416 g/mol. The van der Waals surface area contributed by atoms with E-state index in [1.807, 2.05) is 6.07 Å². The molecule has 0 bridgehead atoms. The Hall–Kier alpha value is -2.60. The lowest BCUT2D eigenvalue weighted by Crippen LogP contribution is -2.59. The molecule has 4 rings (SSSR count). The third-order valence-electron chi connectivity index (χ3n) is 5.52. The Bertz CT molecular complexity index is 961. The van der Waals surface area contributed by atoms with Crippen molar-refractivity contribution in [1.82, 2.24) is 9.80 Å². The van der Waals surface area contributed by atoms with Gasteiger partial charge in [0.25, 0.3) is 5.91 Å². The van der Waals surface area contributed by atoms with Gasteiger partial charge in [0.1, 0.15) is 11.6 Å². The summed E-state index contributed by atoms with van der Waals surface area (Å²) in [5.41, 5.74) is 0.237. The molecule has 7 heteroatoms. The van der Waals surface area contributed by atoms with Gasteiger partial charge in [0.15, 0.2) is 5.60 Å². The maximum Gasteiger partial charge on any atom is 0.266 e. The van der Waals surface area contributed by atoms with Gasteiger partial charge in [-0.3, -0.25) is 9.59 Å². The fraction of sp³-hybridized carbons (Fsp3) is 0.364. The highest BCUT2D eigenvalue weighted by molar-refractivity contribution is 6.30. The number of hydrogen-bond acceptors (Lipinski definition) is 3. The molecule has 1 fully saturated rings. The van der Waals surface area contributed by atoms with Gasteiger partial charge in [0, 0.05) is 18.1 Å². The van der Waals surface area contributed by atoms with Gasteiger partial charge in [0.2, 0.25) is 5.91 Å². The van der Waals surface area contributed by atoms with E-state index in [-0.39, 0.29) is 30.2 Å². The van der Waals surface area contributed by atoms with Crippen molar-refractivity contribution >= 4 is 23.4 Å². The van der Waals surface area contributed by atoms with Gasteiger partial charge in [-0.2, -0.15) is 0 Å². The van der Waals surface area contributed by atoms with Crippen molar-refractivity contribution < 1.29 is 18.7 Å². The number of halogens is 2. The predicted molar refractivity (Wildman–Crippen MR) is 107 cm³/mol. The van der Waals surface area contributed by atoms with Crippen molar-refractivity contribution in [1.29, 1.82) is 0 Å². The van der Waals surface area contributed by atoms with Crippen LogP contribution in [0.2, 0.25) is 5.02 Å². The molecule has 2 aromatic rings. The molecule has 29 heavy (non-hydrogen) atoms. The first-order valence-corrected chi connectivity index (χ1v) is 9.95. The van der Waals surface area contributed by atoms with Crippen LogP contribution in [0.1, 0.15) is 31.0 Å². The molecular weight excluding hydrogens is 395 g/mol. The molecule has 1 saturated heterocycles. The van der Waals surface area contributed by atoms with E-state index in [9.17, 15) is 14.0 Å². The first-order chi connectivity index (χ1) is 13.8. The minimum absolute atomic E-state index is 0.00656. The van der Waals surface area contributed by atoms with Crippen molar-refractivity contribution in [3.05, 3.63) is 64.4 Å². The Morgan fingerprint density at radius 2 is 1.93 bits per heavy atom. The van der Waals surface area contributed by atoms with Crippen LogP contribution in [0.15, 0.2) is 42.5 Å². The Labute approximate surface area is 174 Å². The van der Waals surface area contributed by atoms with Crippen molar-refractivity contribution in [2.75, 3.05) is 19.6 Å². The molecule has 0 aliphatic carbocycles. The van der Waals surface area contributed by atoms with Gasteiger partial charge < -0.3 is 14.5 Å². The molecule has 5 nitrogen and oxygen atoms in total. The van der Waals surface area contributed by atoms with E-state index in [0.717, 1.165) is 5.56 Å². The number of carbonyl (C=O) groups excluding carboxylic acids is 2. The highest BCUT2D eigenvalue weighted by Crippen LogP contribution is 2.35. The second kappa shape index (κ2) is 7.34. The van der Waals surface area contributed by atoms with Crippen molar-refractivity contribution in [3.8, 4) is 5.75 Å². The van der Waals surface area contributed by atoms with Crippen LogP contribution in [0.25, 0.3) is 0 Å². The van der Waals surface area contributed by atoms with E-state index in [1.54, 1.807) is 49.1 Å². The van der Waals surface area contributed by atoms with Gasteiger partial charge in [-0.05, 0) is 61.7 Å². The number of nitrogens with zero attached hydrogens (tertiary/aromatic N) is 2. The fourth-order valence-electron chi connectivity index (χ4n) is 4.11. The summed E-state index contributed by atoms with van der Waals surface area (Å²) in [6, 6.07) is 11.3. The van der Waals surface area contributed by atoms with Gasteiger partial charge in [0.05, 0.1) is 12.6 Å². The number of piperazine rings is 1. The summed E-state index contributed by atoms with van der Waals surface area (Å²) in [6.45, 7) is 4.12. The molecule has 152 valence electrons. The number of amides is 2. The minimum atomic E-state index is -1.17. The zero-order valence-corrected chi connectivity index (χ0v) is 17.1. The largest absolute Gasteiger partial charge is 0.478 e. The van der Waals surface area contributed by atoms with E-state index < -0.39 is 5.60 Å². The van der Waals surface area contributed by atoms with E-state index in [4.69, 9.17) is 16.3 Å². The van der Waals surface area contributed by atoms with E-state index in [1.165, 1.54) is 11.0 Å². The number of hydrogen-bond donors (Lipinski definition) is 0. The molecule has 0 N–H and O–H groups in total. The average Bonchev–Trinajstić information content (AvgIpc) is 2.69. The first kappa shape index (κ1) is 19.7.